The lowest BCUT2D eigenvalue weighted by Crippen LogP contribution is -2.23. The Hall–Kier alpha value is -0.460. The maximum atomic E-state index is 5.54. The van der Waals surface area contributed by atoms with Crippen molar-refractivity contribution in [2.75, 3.05) is 46.9 Å². The van der Waals surface area contributed by atoms with Gasteiger partial charge in [-0.3, -0.25) is 0 Å². The van der Waals surface area contributed by atoms with E-state index in [0.717, 1.165) is 19.4 Å². The van der Waals surface area contributed by atoms with Gasteiger partial charge in [0, 0.05) is 13.7 Å². The van der Waals surface area contributed by atoms with Gasteiger partial charge in [-0.25, -0.2) is 0 Å². The number of ether oxygens (including phenoxy) is 5. The van der Waals surface area contributed by atoms with Crippen molar-refractivity contribution in [2.45, 2.75) is 25.0 Å². The fourth-order valence-corrected chi connectivity index (χ4v) is 1.45. The highest BCUT2D eigenvalue weighted by molar-refractivity contribution is 4.68. The molecule has 1 rings (SSSR count). The molecule has 1 fully saturated rings. The van der Waals surface area contributed by atoms with Gasteiger partial charge in [-0.15, -0.1) is 6.58 Å². The van der Waals surface area contributed by atoms with Crippen LogP contribution in [0.4, 0.5) is 0 Å². The highest BCUT2D eigenvalue weighted by atomic mass is 16.7. The van der Waals surface area contributed by atoms with Crippen molar-refractivity contribution in [3.8, 4) is 0 Å². The third-order valence-corrected chi connectivity index (χ3v) is 2.48. The molecule has 106 valence electrons. The lowest BCUT2D eigenvalue weighted by molar-refractivity contribution is -0.101. The minimum atomic E-state index is 0.0519. The fourth-order valence-electron chi connectivity index (χ4n) is 1.45. The van der Waals surface area contributed by atoms with E-state index in [2.05, 4.69) is 6.58 Å². The van der Waals surface area contributed by atoms with Crippen molar-refractivity contribution in [3.63, 3.8) is 0 Å². The number of methoxy groups -OCH3 is 1. The van der Waals surface area contributed by atoms with E-state index in [9.17, 15) is 0 Å². The van der Waals surface area contributed by atoms with Crippen LogP contribution >= 0.6 is 0 Å². The van der Waals surface area contributed by atoms with Crippen molar-refractivity contribution in [2.24, 2.45) is 0 Å². The van der Waals surface area contributed by atoms with Crippen LogP contribution in [0.25, 0.3) is 0 Å². The Balaban J connectivity index is 2.02. The van der Waals surface area contributed by atoms with Crippen LogP contribution in [-0.2, 0) is 23.7 Å². The molecule has 0 N–H and O–H groups in total. The molecule has 0 spiro atoms. The van der Waals surface area contributed by atoms with E-state index in [1.54, 1.807) is 13.2 Å². The Morgan fingerprint density at radius 3 is 2.94 bits per heavy atom. The van der Waals surface area contributed by atoms with Gasteiger partial charge in [0.15, 0.2) is 0 Å². The molecule has 0 radical (unpaired) electrons. The minimum Gasteiger partial charge on any atom is -0.377 e. The van der Waals surface area contributed by atoms with Gasteiger partial charge >= 0.3 is 0 Å². The molecule has 2 unspecified atom stereocenters. The van der Waals surface area contributed by atoms with Gasteiger partial charge in [-0.05, 0) is 12.8 Å². The first-order valence-electron chi connectivity index (χ1n) is 6.35. The second-order valence-corrected chi connectivity index (χ2v) is 4.19. The predicted octanol–water partition coefficient (Wildman–Crippen LogP) is 1.37. The highest BCUT2D eigenvalue weighted by Gasteiger charge is 2.23. The highest BCUT2D eigenvalue weighted by Crippen LogP contribution is 2.10. The molecule has 0 aromatic heterocycles. The summed E-state index contributed by atoms with van der Waals surface area (Å²) < 4.78 is 26.4. The zero-order valence-electron chi connectivity index (χ0n) is 11.1. The number of hydrogen-bond donors (Lipinski definition) is 0. The van der Waals surface area contributed by atoms with Gasteiger partial charge in [0.25, 0.3) is 0 Å². The molecule has 1 aliphatic heterocycles. The summed E-state index contributed by atoms with van der Waals surface area (Å²) in [4.78, 5) is 0. The number of epoxide rings is 1. The summed E-state index contributed by atoms with van der Waals surface area (Å²) >= 11 is 0. The summed E-state index contributed by atoms with van der Waals surface area (Å²) in [5.74, 6) is 0. The average molecular weight is 260 g/mol. The van der Waals surface area contributed by atoms with Gasteiger partial charge in [-0.1, -0.05) is 6.08 Å². The van der Waals surface area contributed by atoms with Crippen LogP contribution in [0.2, 0.25) is 0 Å². The van der Waals surface area contributed by atoms with E-state index in [-0.39, 0.29) is 6.10 Å². The molecule has 0 bridgehead atoms. The smallest absolute Gasteiger partial charge is 0.146 e. The third kappa shape index (κ3) is 8.60. The Labute approximate surface area is 109 Å². The predicted molar refractivity (Wildman–Crippen MR) is 67.6 cm³/mol. The monoisotopic (exact) mass is 260 g/mol. The molecule has 0 aliphatic carbocycles. The second kappa shape index (κ2) is 10.5. The maximum Gasteiger partial charge on any atom is 0.146 e. The van der Waals surface area contributed by atoms with E-state index in [1.165, 1.54) is 0 Å². The van der Waals surface area contributed by atoms with E-state index < -0.39 is 0 Å². The maximum absolute atomic E-state index is 5.54. The van der Waals surface area contributed by atoms with Crippen molar-refractivity contribution in [1.29, 1.82) is 0 Å². The summed E-state index contributed by atoms with van der Waals surface area (Å²) in [6, 6.07) is 0. The van der Waals surface area contributed by atoms with Gasteiger partial charge in [0.05, 0.1) is 32.5 Å². The lowest BCUT2D eigenvalue weighted by Gasteiger charge is -2.17. The zero-order chi connectivity index (χ0) is 13.1. The second-order valence-electron chi connectivity index (χ2n) is 4.19. The van der Waals surface area contributed by atoms with Crippen molar-refractivity contribution in [1.82, 2.24) is 0 Å². The SMILES string of the molecule is C=CCOCCCC(COCC1CO1)OCOC. The first-order valence-corrected chi connectivity index (χ1v) is 6.35. The molecule has 2 atom stereocenters. The zero-order valence-corrected chi connectivity index (χ0v) is 11.1. The van der Waals surface area contributed by atoms with Crippen LogP contribution in [0.3, 0.4) is 0 Å². The molecule has 0 aromatic carbocycles. The van der Waals surface area contributed by atoms with Crippen LogP contribution < -0.4 is 0 Å². The van der Waals surface area contributed by atoms with E-state index in [0.29, 0.717) is 39.3 Å². The lowest BCUT2D eigenvalue weighted by atomic mass is 10.2. The molecule has 1 heterocycles. The standard InChI is InChI=1S/C13H24O5/c1-3-6-15-7-4-5-12(18-11-14-2)8-16-9-13-10-17-13/h3,12-13H,1,4-11H2,2H3. The van der Waals surface area contributed by atoms with Gasteiger partial charge in [0.2, 0.25) is 0 Å². The van der Waals surface area contributed by atoms with Gasteiger partial charge < -0.3 is 23.7 Å². The molecule has 0 amide bonds. The first kappa shape index (κ1) is 15.6. The van der Waals surface area contributed by atoms with Crippen LogP contribution in [0.1, 0.15) is 12.8 Å². The molecular formula is C13H24O5. The molecule has 5 heteroatoms. The first-order chi connectivity index (χ1) is 8.86. The topological polar surface area (TPSA) is 49.5 Å². The summed E-state index contributed by atoms with van der Waals surface area (Å²) in [6.45, 7) is 7.25. The molecule has 5 nitrogen and oxygen atoms in total. The summed E-state index contributed by atoms with van der Waals surface area (Å²) in [7, 11) is 1.61. The largest absolute Gasteiger partial charge is 0.377 e. The average Bonchev–Trinajstić information content (AvgIpc) is 3.19. The third-order valence-electron chi connectivity index (χ3n) is 2.48. The Kier molecular flexibility index (Phi) is 9.06. The van der Waals surface area contributed by atoms with E-state index in [1.807, 2.05) is 0 Å². The van der Waals surface area contributed by atoms with Crippen LogP contribution in [0.5, 0.6) is 0 Å². The summed E-state index contributed by atoms with van der Waals surface area (Å²) in [6.07, 6.45) is 3.93. The number of rotatable bonds is 13. The van der Waals surface area contributed by atoms with Crippen molar-refractivity contribution < 1.29 is 23.7 Å². The Morgan fingerprint density at radius 1 is 1.44 bits per heavy atom. The van der Waals surface area contributed by atoms with Crippen molar-refractivity contribution in [3.05, 3.63) is 12.7 Å². The van der Waals surface area contributed by atoms with Crippen molar-refractivity contribution >= 4 is 0 Å². The molecule has 0 aromatic rings. The molecule has 0 saturated carbocycles. The summed E-state index contributed by atoms with van der Waals surface area (Å²) in [5.41, 5.74) is 0. The Bertz CT molecular complexity index is 206. The van der Waals surface area contributed by atoms with E-state index >= 15 is 0 Å². The number of hydrogen-bond acceptors (Lipinski definition) is 5. The molecular weight excluding hydrogens is 236 g/mol. The summed E-state index contributed by atoms with van der Waals surface area (Å²) in [5, 5.41) is 0. The van der Waals surface area contributed by atoms with Crippen LogP contribution in [-0.4, -0.2) is 59.1 Å². The van der Waals surface area contributed by atoms with Gasteiger partial charge in [0.1, 0.15) is 12.9 Å². The molecule has 1 saturated heterocycles. The van der Waals surface area contributed by atoms with Crippen LogP contribution in [0.15, 0.2) is 12.7 Å². The minimum absolute atomic E-state index is 0.0519. The Morgan fingerprint density at radius 2 is 2.28 bits per heavy atom. The quantitative estimate of drug-likeness (QED) is 0.217. The molecule has 1 aliphatic rings. The fraction of sp³-hybridized carbons (Fsp3) is 0.846. The molecule has 18 heavy (non-hydrogen) atoms. The van der Waals surface area contributed by atoms with E-state index in [4.69, 9.17) is 23.7 Å². The van der Waals surface area contributed by atoms with Crippen LogP contribution in [0, 0.1) is 0 Å². The normalized spacial score (nSPS) is 19.7. The van der Waals surface area contributed by atoms with Gasteiger partial charge in [-0.2, -0.15) is 0 Å².